The van der Waals surface area contributed by atoms with Crippen molar-refractivity contribution in [1.82, 2.24) is 20.2 Å². The molecule has 2 fully saturated rings. The zero-order valence-electron chi connectivity index (χ0n) is 14.7. The number of piperazine rings is 1. The molecule has 2 aliphatic rings. The Kier molecular flexibility index (Phi) is 5.03. The fourth-order valence-electron chi connectivity index (χ4n) is 2.81. The summed E-state index contributed by atoms with van der Waals surface area (Å²) in [7, 11) is 1.57. The van der Waals surface area contributed by atoms with Crippen LogP contribution in [0.1, 0.15) is 13.8 Å². The minimum Gasteiger partial charge on any atom is -0.481 e. The Morgan fingerprint density at radius 1 is 1.36 bits per heavy atom. The molecule has 9 heteroatoms. The van der Waals surface area contributed by atoms with Crippen molar-refractivity contribution in [3.63, 3.8) is 0 Å². The molecule has 8 nitrogen and oxygen atoms in total. The van der Waals surface area contributed by atoms with Gasteiger partial charge < -0.3 is 19.9 Å². The standard InChI is InChI=1S/C16H23N5O3S/c1-16(2)14(23)18-11(10-25-16)13(22)20-6-8-21(9-7-20)15-17-5-4-12(19-15)24-3/h4-5,11H,6-10H2,1-3H3,(H,18,23)/t11-/m1/s1. The Morgan fingerprint density at radius 2 is 2.08 bits per heavy atom. The van der Waals surface area contributed by atoms with Gasteiger partial charge in [0.05, 0.1) is 11.9 Å². The summed E-state index contributed by atoms with van der Waals surface area (Å²) in [5.41, 5.74) is 0. The molecule has 2 saturated heterocycles. The summed E-state index contributed by atoms with van der Waals surface area (Å²) in [6, 6.07) is 1.26. The maximum Gasteiger partial charge on any atom is 0.246 e. The third kappa shape index (κ3) is 3.81. The van der Waals surface area contributed by atoms with Gasteiger partial charge in [-0.1, -0.05) is 0 Å². The summed E-state index contributed by atoms with van der Waals surface area (Å²) in [6.07, 6.45) is 1.66. The number of hydrogen-bond acceptors (Lipinski definition) is 7. The van der Waals surface area contributed by atoms with E-state index in [9.17, 15) is 9.59 Å². The molecule has 25 heavy (non-hydrogen) atoms. The van der Waals surface area contributed by atoms with Crippen LogP contribution in [0.3, 0.4) is 0 Å². The summed E-state index contributed by atoms with van der Waals surface area (Å²) in [5.74, 6) is 1.65. The number of anilines is 1. The van der Waals surface area contributed by atoms with Gasteiger partial charge in [0.2, 0.25) is 23.6 Å². The van der Waals surface area contributed by atoms with Gasteiger partial charge >= 0.3 is 0 Å². The molecule has 1 aromatic heterocycles. The van der Waals surface area contributed by atoms with Crippen LogP contribution in [-0.2, 0) is 9.59 Å². The highest BCUT2D eigenvalue weighted by molar-refractivity contribution is 8.01. The number of carbonyl (C=O) groups excluding carboxylic acids is 2. The number of nitrogens with one attached hydrogen (secondary N) is 1. The molecule has 0 aromatic carbocycles. The van der Waals surface area contributed by atoms with Gasteiger partial charge in [-0.3, -0.25) is 9.59 Å². The van der Waals surface area contributed by atoms with E-state index in [2.05, 4.69) is 15.3 Å². The van der Waals surface area contributed by atoms with Gasteiger partial charge in [-0.15, -0.1) is 11.8 Å². The first-order chi connectivity index (χ1) is 11.9. The first-order valence-electron chi connectivity index (χ1n) is 8.26. The van der Waals surface area contributed by atoms with Crippen molar-refractivity contribution < 1.29 is 14.3 Å². The van der Waals surface area contributed by atoms with Crippen molar-refractivity contribution in [2.75, 3.05) is 43.9 Å². The molecule has 0 spiro atoms. The first-order valence-corrected chi connectivity index (χ1v) is 9.25. The number of nitrogens with zero attached hydrogens (tertiary/aromatic N) is 4. The highest BCUT2D eigenvalue weighted by Crippen LogP contribution is 2.29. The number of ether oxygens (including phenoxy) is 1. The fraction of sp³-hybridized carbons (Fsp3) is 0.625. The maximum absolute atomic E-state index is 12.7. The predicted octanol–water partition coefficient (Wildman–Crippen LogP) is 0.144. The van der Waals surface area contributed by atoms with Crippen LogP contribution in [0, 0.1) is 0 Å². The molecule has 1 atom stereocenters. The number of amides is 2. The van der Waals surface area contributed by atoms with Gasteiger partial charge in [0, 0.05) is 44.2 Å². The smallest absolute Gasteiger partial charge is 0.246 e. The SMILES string of the molecule is COc1ccnc(N2CCN(C(=O)[C@H]3CSC(C)(C)C(=O)N3)CC2)n1. The van der Waals surface area contributed by atoms with E-state index >= 15 is 0 Å². The largest absolute Gasteiger partial charge is 0.481 e. The Hall–Kier alpha value is -2.03. The molecule has 136 valence electrons. The minimum absolute atomic E-state index is 0.0115. The molecule has 1 aromatic rings. The molecule has 2 aliphatic heterocycles. The van der Waals surface area contributed by atoms with Crippen LogP contribution < -0.4 is 15.0 Å². The second kappa shape index (κ2) is 7.07. The molecule has 1 N–H and O–H groups in total. The third-order valence-corrected chi connectivity index (χ3v) is 5.87. The summed E-state index contributed by atoms with van der Waals surface area (Å²) < 4.78 is 4.65. The van der Waals surface area contributed by atoms with E-state index in [1.807, 2.05) is 18.7 Å². The molecule has 3 rings (SSSR count). The monoisotopic (exact) mass is 365 g/mol. The van der Waals surface area contributed by atoms with Gasteiger partial charge in [0.25, 0.3) is 0 Å². The van der Waals surface area contributed by atoms with Gasteiger partial charge in [-0.05, 0) is 13.8 Å². The molecular weight excluding hydrogens is 342 g/mol. The Labute approximate surface area is 151 Å². The minimum atomic E-state index is -0.473. The van der Waals surface area contributed by atoms with Crippen molar-refractivity contribution in [3.05, 3.63) is 12.3 Å². The molecule has 2 amide bonds. The summed E-state index contributed by atoms with van der Waals surface area (Å²) >= 11 is 1.53. The molecule has 0 radical (unpaired) electrons. The topological polar surface area (TPSA) is 87.7 Å². The quantitative estimate of drug-likeness (QED) is 0.815. The summed E-state index contributed by atoms with van der Waals surface area (Å²) in [4.78, 5) is 37.2. The number of rotatable bonds is 3. The van der Waals surface area contributed by atoms with E-state index in [4.69, 9.17) is 4.74 Å². The number of aromatic nitrogens is 2. The van der Waals surface area contributed by atoms with E-state index < -0.39 is 10.8 Å². The van der Waals surface area contributed by atoms with Crippen LogP contribution >= 0.6 is 11.8 Å². The van der Waals surface area contributed by atoms with Crippen LogP contribution in [-0.4, -0.2) is 76.5 Å². The highest BCUT2D eigenvalue weighted by Gasteiger charge is 2.39. The van der Waals surface area contributed by atoms with Crippen LogP contribution in [0.4, 0.5) is 5.95 Å². The zero-order chi connectivity index (χ0) is 18.0. The second-order valence-electron chi connectivity index (χ2n) is 6.56. The average molecular weight is 365 g/mol. The Balaban J connectivity index is 1.57. The van der Waals surface area contributed by atoms with E-state index in [0.717, 1.165) is 0 Å². The molecular formula is C16H23N5O3S. The molecule has 0 unspecified atom stereocenters. The predicted molar refractivity (Wildman–Crippen MR) is 95.8 cm³/mol. The lowest BCUT2D eigenvalue weighted by Crippen LogP contribution is -2.60. The Bertz CT molecular complexity index is 661. The van der Waals surface area contributed by atoms with Crippen LogP contribution in [0.5, 0.6) is 5.88 Å². The van der Waals surface area contributed by atoms with Crippen LogP contribution in [0.15, 0.2) is 12.3 Å². The lowest BCUT2D eigenvalue weighted by Gasteiger charge is -2.39. The van der Waals surface area contributed by atoms with E-state index in [1.165, 1.54) is 11.8 Å². The molecule has 3 heterocycles. The van der Waals surface area contributed by atoms with Gasteiger partial charge in [0.15, 0.2) is 0 Å². The van der Waals surface area contributed by atoms with E-state index in [1.54, 1.807) is 24.3 Å². The second-order valence-corrected chi connectivity index (χ2v) is 8.20. The third-order valence-electron chi connectivity index (χ3n) is 4.46. The van der Waals surface area contributed by atoms with Gasteiger partial charge in [-0.2, -0.15) is 4.98 Å². The first kappa shape index (κ1) is 17.8. The number of hydrogen-bond donors (Lipinski definition) is 1. The summed E-state index contributed by atoms with van der Waals surface area (Å²) in [5, 5.41) is 2.86. The van der Waals surface area contributed by atoms with Crippen molar-refractivity contribution >= 4 is 29.5 Å². The van der Waals surface area contributed by atoms with Crippen LogP contribution in [0.2, 0.25) is 0 Å². The van der Waals surface area contributed by atoms with E-state index in [-0.39, 0.29) is 11.8 Å². The van der Waals surface area contributed by atoms with E-state index in [0.29, 0.717) is 43.8 Å². The lowest BCUT2D eigenvalue weighted by atomic mass is 10.1. The van der Waals surface area contributed by atoms with Crippen molar-refractivity contribution in [2.45, 2.75) is 24.6 Å². The molecule has 0 aliphatic carbocycles. The summed E-state index contributed by atoms with van der Waals surface area (Å²) in [6.45, 7) is 6.22. The lowest BCUT2D eigenvalue weighted by molar-refractivity contribution is -0.136. The van der Waals surface area contributed by atoms with Crippen molar-refractivity contribution in [1.29, 1.82) is 0 Å². The van der Waals surface area contributed by atoms with Crippen molar-refractivity contribution in [3.8, 4) is 5.88 Å². The maximum atomic E-state index is 12.7. The highest BCUT2D eigenvalue weighted by atomic mass is 32.2. The van der Waals surface area contributed by atoms with Gasteiger partial charge in [-0.25, -0.2) is 4.98 Å². The average Bonchev–Trinajstić information content (AvgIpc) is 2.63. The van der Waals surface area contributed by atoms with Gasteiger partial charge in [0.1, 0.15) is 6.04 Å². The zero-order valence-corrected chi connectivity index (χ0v) is 15.5. The van der Waals surface area contributed by atoms with Crippen molar-refractivity contribution in [2.24, 2.45) is 0 Å². The normalized spacial score (nSPS) is 23.2. The van der Waals surface area contributed by atoms with Crippen LogP contribution in [0.25, 0.3) is 0 Å². The molecule has 0 saturated carbocycles. The Morgan fingerprint density at radius 3 is 2.72 bits per heavy atom. The fourth-order valence-corrected chi connectivity index (χ4v) is 3.81. The number of methoxy groups -OCH3 is 1. The number of carbonyl (C=O) groups is 2. The number of thioether (sulfide) groups is 1. The molecule has 0 bridgehead atoms.